The van der Waals surface area contributed by atoms with Crippen molar-refractivity contribution in [2.45, 2.75) is 6.18 Å². The van der Waals surface area contributed by atoms with Gasteiger partial charge >= 0.3 is 11.9 Å². The molecule has 1 aromatic heterocycles. The van der Waals surface area contributed by atoms with Crippen LogP contribution in [0.1, 0.15) is 11.3 Å². The highest BCUT2D eigenvalue weighted by atomic mass is 35.5. The molecule has 0 fully saturated rings. The summed E-state index contributed by atoms with van der Waals surface area (Å²) in [6.07, 6.45) is -3.39. The standard InChI is InChI=1S/C14H10ClF3N2O2/c1-3-8-6-9(4-5-10(8)15)20-12(21)7-11(14(16,17)18)19(2)13(20)22/h3-7H,1H2,2H3. The predicted molar refractivity (Wildman–Crippen MR) is 77.4 cm³/mol. The van der Waals surface area contributed by atoms with Crippen molar-refractivity contribution in [2.24, 2.45) is 7.05 Å². The summed E-state index contributed by atoms with van der Waals surface area (Å²) in [6, 6.07) is 4.57. The van der Waals surface area contributed by atoms with E-state index < -0.39 is 23.1 Å². The summed E-state index contributed by atoms with van der Waals surface area (Å²) < 4.78 is 39.3. The van der Waals surface area contributed by atoms with E-state index in [4.69, 9.17) is 11.6 Å². The predicted octanol–water partition coefficient (Wildman–Crippen LogP) is 2.85. The van der Waals surface area contributed by atoms with Gasteiger partial charge in [0.25, 0.3) is 5.56 Å². The maximum absolute atomic E-state index is 12.8. The Hall–Kier alpha value is -2.28. The van der Waals surface area contributed by atoms with Gasteiger partial charge in [-0.05, 0) is 23.8 Å². The topological polar surface area (TPSA) is 44.0 Å². The fourth-order valence-corrected chi connectivity index (χ4v) is 2.16. The van der Waals surface area contributed by atoms with Crippen LogP contribution in [-0.2, 0) is 13.2 Å². The van der Waals surface area contributed by atoms with Gasteiger partial charge in [-0.15, -0.1) is 0 Å². The first-order valence-corrected chi connectivity index (χ1v) is 6.37. The third-order valence-corrected chi connectivity index (χ3v) is 3.41. The molecule has 2 rings (SSSR count). The summed E-state index contributed by atoms with van der Waals surface area (Å²) in [5.74, 6) is 0. The molecule has 1 heterocycles. The van der Waals surface area contributed by atoms with Crippen molar-refractivity contribution < 1.29 is 13.2 Å². The van der Waals surface area contributed by atoms with Crippen molar-refractivity contribution in [3.8, 4) is 5.69 Å². The van der Waals surface area contributed by atoms with Gasteiger partial charge in [-0.25, -0.2) is 9.36 Å². The van der Waals surface area contributed by atoms with E-state index >= 15 is 0 Å². The first-order chi connectivity index (χ1) is 10.2. The van der Waals surface area contributed by atoms with Crippen LogP contribution in [-0.4, -0.2) is 9.13 Å². The number of halogens is 4. The van der Waals surface area contributed by atoms with Gasteiger partial charge < -0.3 is 0 Å². The Bertz CT molecular complexity index is 866. The Labute approximate surface area is 127 Å². The zero-order valence-corrected chi connectivity index (χ0v) is 12.1. The Balaban J connectivity index is 2.79. The molecule has 0 saturated carbocycles. The molecular weight excluding hydrogens is 321 g/mol. The number of rotatable bonds is 2. The van der Waals surface area contributed by atoms with Gasteiger partial charge in [0, 0.05) is 18.1 Å². The Kier molecular flexibility index (Phi) is 4.02. The van der Waals surface area contributed by atoms with Gasteiger partial charge in [0.15, 0.2) is 0 Å². The average Bonchev–Trinajstić information content (AvgIpc) is 2.43. The normalized spacial score (nSPS) is 11.5. The first kappa shape index (κ1) is 16.1. The van der Waals surface area contributed by atoms with E-state index in [1.54, 1.807) is 0 Å². The minimum absolute atomic E-state index is 0.110. The molecule has 22 heavy (non-hydrogen) atoms. The van der Waals surface area contributed by atoms with Crippen molar-refractivity contribution in [1.82, 2.24) is 9.13 Å². The van der Waals surface area contributed by atoms with E-state index in [0.29, 0.717) is 25.8 Å². The Morgan fingerprint density at radius 3 is 2.41 bits per heavy atom. The molecule has 0 radical (unpaired) electrons. The molecule has 1 aromatic carbocycles. The number of hydrogen-bond acceptors (Lipinski definition) is 2. The molecule has 116 valence electrons. The van der Waals surface area contributed by atoms with E-state index in [0.717, 1.165) is 7.05 Å². The molecule has 0 spiro atoms. The van der Waals surface area contributed by atoms with Gasteiger partial charge in [-0.3, -0.25) is 9.36 Å². The SMILES string of the molecule is C=Cc1cc(-n2c(=O)cc(C(F)(F)F)n(C)c2=O)ccc1Cl. The van der Waals surface area contributed by atoms with E-state index in [2.05, 4.69) is 6.58 Å². The molecule has 0 aliphatic carbocycles. The van der Waals surface area contributed by atoms with Crippen LogP contribution in [0.25, 0.3) is 11.8 Å². The Morgan fingerprint density at radius 2 is 1.86 bits per heavy atom. The molecule has 0 saturated heterocycles. The molecule has 0 unspecified atom stereocenters. The van der Waals surface area contributed by atoms with Crippen molar-refractivity contribution in [3.05, 3.63) is 68.0 Å². The fourth-order valence-electron chi connectivity index (χ4n) is 1.96. The van der Waals surface area contributed by atoms with E-state index in [1.165, 1.54) is 24.3 Å². The molecule has 0 aliphatic heterocycles. The van der Waals surface area contributed by atoms with Gasteiger partial charge in [-0.1, -0.05) is 24.3 Å². The van der Waals surface area contributed by atoms with Gasteiger partial charge in [0.2, 0.25) is 0 Å². The van der Waals surface area contributed by atoms with Crippen LogP contribution in [0.5, 0.6) is 0 Å². The van der Waals surface area contributed by atoms with Crippen LogP contribution in [0.2, 0.25) is 5.02 Å². The zero-order valence-electron chi connectivity index (χ0n) is 11.3. The lowest BCUT2D eigenvalue weighted by molar-refractivity contribution is -0.144. The van der Waals surface area contributed by atoms with Crippen LogP contribution >= 0.6 is 11.6 Å². The summed E-state index contributed by atoms with van der Waals surface area (Å²) in [7, 11) is 0.950. The summed E-state index contributed by atoms with van der Waals surface area (Å²) in [4.78, 5) is 24.0. The molecule has 4 nitrogen and oxygen atoms in total. The second-order valence-corrected chi connectivity index (χ2v) is 4.86. The zero-order chi connectivity index (χ0) is 16.7. The quantitative estimate of drug-likeness (QED) is 0.850. The van der Waals surface area contributed by atoms with Gasteiger partial charge in [-0.2, -0.15) is 13.2 Å². The van der Waals surface area contributed by atoms with Gasteiger partial charge in [0.05, 0.1) is 5.69 Å². The highest BCUT2D eigenvalue weighted by Crippen LogP contribution is 2.27. The third-order valence-electron chi connectivity index (χ3n) is 3.07. The van der Waals surface area contributed by atoms with Crippen molar-refractivity contribution >= 4 is 17.7 Å². The highest BCUT2D eigenvalue weighted by Gasteiger charge is 2.35. The van der Waals surface area contributed by atoms with E-state index in [1.807, 2.05) is 0 Å². The second kappa shape index (κ2) is 5.49. The number of hydrogen-bond donors (Lipinski definition) is 0. The summed E-state index contributed by atoms with van der Waals surface area (Å²) in [6.45, 7) is 3.53. The fraction of sp³-hybridized carbons (Fsp3) is 0.143. The number of benzene rings is 1. The maximum atomic E-state index is 12.8. The van der Waals surface area contributed by atoms with Crippen molar-refractivity contribution in [2.75, 3.05) is 0 Å². The third kappa shape index (κ3) is 2.71. The minimum atomic E-state index is -4.79. The largest absolute Gasteiger partial charge is 0.431 e. The molecule has 0 bridgehead atoms. The molecule has 2 aromatic rings. The average molecular weight is 331 g/mol. The van der Waals surface area contributed by atoms with Crippen LogP contribution in [0.3, 0.4) is 0 Å². The Morgan fingerprint density at radius 1 is 1.23 bits per heavy atom. The monoisotopic (exact) mass is 330 g/mol. The number of alkyl halides is 3. The first-order valence-electron chi connectivity index (χ1n) is 5.99. The molecule has 0 aliphatic rings. The number of aromatic nitrogens is 2. The lowest BCUT2D eigenvalue weighted by atomic mass is 10.2. The van der Waals surface area contributed by atoms with Crippen LogP contribution < -0.4 is 11.2 Å². The van der Waals surface area contributed by atoms with Gasteiger partial charge in [0.1, 0.15) is 5.69 Å². The molecule has 0 N–H and O–H groups in total. The molecular formula is C14H10ClF3N2O2. The summed E-state index contributed by atoms with van der Waals surface area (Å²) in [5, 5.41) is 0.343. The van der Waals surface area contributed by atoms with E-state index in [-0.39, 0.29) is 5.69 Å². The lowest BCUT2D eigenvalue weighted by Crippen LogP contribution is -2.40. The summed E-state index contributed by atoms with van der Waals surface area (Å²) in [5.41, 5.74) is -2.92. The van der Waals surface area contributed by atoms with Crippen LogP contribution in [0.15, 0.2) is 40.4 Å². The second-order valence-electron chi connectivity index (χ2n) is 4.45. The van der Waals surface area contributed by atoms with Crippen molar-refractivity contribution in [1.29, 1.82) is 0 Å². The van der Waals surface area contributed by atoms with Crippen LogP contribution in [0.4, 0.5) is 13.2 Å². The summed E-state index contributed by atoms with van der Waals surface area (Å²) >= 11 is 5.89. The van der Waals surface area contributed by atoms with Crippen LogP contribution in [0, 0.1) is 0 Å². The molecule has 0 atom stereocenters. The lowest BCUT2D eigenvalue weighted by Gasteiger charge is -2.14. The minimum Gasteiger partial charge on any atom is -0.292 e. The maximum Gasteiger partial charge on any atom is 0.431 e. The smallest absolute Gasteiger partial charge is 0.292 e. The molecule has 8 heteroatoms. The van der Waals surface area contributed by atoms with E-state index in [9.17, 15) is 22.8 Å². The highest BCUT2D eigenvalue weighted by molar-refractivity contribution is 6.32. The molecule has 0 amide bonds. The number of nitrogens with zero attached hydrogens (tertiary/aromatic N) is 2. The van der Waals surface area contributed by atoms with Crippen molar-refractivity contribution in [3.63, 3.8) is 0 Å².